The molecule has 2 aromatic carbocycles. The molecular weight excluding hydrogens is 390 g/mol. The summed E-state index contributed by atoms with van der Waals surface area (Å²) in [7, 11) is -3.67. The van der Waals surface area contributed by atoms with Gasteiger partial charge in [-0.3, -0.25) is 4.79 Å². The highest BCUT2D eigenvalue weighted by atomic mass is 79.9. The molecule has 1 N–H and O–H groups in total. The quantitative estimate of drug-likeness (QED) is 0.845. The molecule has 0 bridgehead atoms. The first kappa shape index (κ1) is 17.0. The number of carbonyl (C=O) groups is 1. The lowest BCUT2D eigenvalue weighted by atomic mass is 10.2. The Kier molecular flexibility index (Phi) is 5.26. The molecule has 0 unspecified atom stereocenters. The zero-order valence-corrected chi connectivity index (χ0v) is 14.8. The Hall–Kier alpha value is -1.37. The van der Waals surface area contributed by atoms with E-state index in [0.717, 1.165) is 5.56 Å². The first-order valence-electron chi connectivity index (χ1n) is 6.32. The van der Waals surface area contributed by atoms with E-state index in [1.165, 1.54) is 12.1 Å². The second-order valence-electron chi connectivity index (χ2n) is 4.75. The van der Waals surface area contributed by atoms with Gasteiger partial charge in [0.1, 0.15) is 5.75 Å². The minimum Gasteiger partial charge on any atom is -0.325 e. The van der Waals surface area contributed by atoms with Gasteiger partial charge in [0.25, 0.3) is 0 Å². The van der Waals surface area contributed by atoms with E-state index in [9.17, 15) is 13.2 Å². The largest absolute Gasteiger partial charge is 0.325 e. The minimum atomic E-state index is -3.67. The van der Waals surface area contributed by atoms with Crippen molar-refractivity contribution in [2.24, 2.45) is 0 Å². The van der Waals surface area contributed by atoms with E-state index in [2.05, 4.69) is 21.2 Å². The molecule has 0 heterocycles. The van der Waals surface area contributed by atoms with Crippen molar-refractivity contribution in [3.05, 3.63) is 57.5 Å². The molecule has 0 aliphatic carbocycles. The third-order valence-corrected chi connectivity index (χ3v) is 5.77. The Bertz CT molecular complexity index is 804. The molecule has 0 aliphatic heterocycles. The molecule has 0 aliphatic rings. The molecule has 0 spiro atoms. The predicted octanol–water partition coefficient (Wildman–Crippen LogP) is 3.82. The molecule has 4 nitrogen and oxygen atoms in total. The van der Waals surface area contributed by atoms with Crippen molar-refractivity contribution < 1.29 is 13.2 Å². The number of carbonyl (C=O) groups excluding carboxylic acids is 1. The van der Waals surface area contributed by atoms with Crippen LogP contribution in [0.4, 0.5) is 5.69 Å². The van der Waals surface area contributed by atoms with Gasteiger partial charge in [0.05, 0.1) is 9.92 Å². The van der Waals surface area contributed by atoms with Crippen LogP contribution in [0, 0.1) is 6.92 Å². The maximum atomic E-state index is 12.2. The number of anilines is 1. The SMILES string of the molecule is Cc1ccc(S(=O)(=O)CC(=O)Nc2ccc(Br)c(Cl)c2)cc1. The number of halogens is 2. The Morgan fingerprint density at radius 2 is 1.82 bits per heavy atom. The van der Waals surface area contributed by atoms with E-state index < -0.39 is 21.5 Å². The first-order chi connectivity index (χ1) is 10.3. The van der Waals surface area contributed by atoms with E-state index in [4.69, 9.17) is 11.6 Å². The van der Waals surface area contributed by atoms with Gasteiger partial charge in [-0.15, -0.1) is 0 Å². The molecule has 0 atom stereocenters. The zero-order chi connectivity index (χ0) is 16.3. The smallest absolute Gasteiger partial charge is 0.239 e. The van der Waals surface area contributed by atoms with Gasteiger partial charge in [-0.25, -0.2) is 8.42 Å². The highest BCUT2D eigenvalue weighted by Crippen LogP contribution is 2.25. The van der Waals surface area contributed by atoms with Gasteiger partial charge in [0, 0.05) is 10.2 Å². The summed E-state index contributed by atoms with van der Waals surface area (Å²) in [6.45, 7) is 1.86. The number of amides is 1. The lowest BCUT2D eigenvalue weighted by Crippen LogP contribution is -2.23. The lowest BCUT2D eigenvalue weighted by molar-refractivity contribution is -0.113. The lowest BCUT2D eigenvalue weighted by Gasteiger charge is -2.08. The summed E-state index contributed by atoms with van der Waals surface area (Å²) in [5.74, 6) is -1.23. The van der Waals surface area contributed by atoms with Gasteiger partial charge in [0.2, 0.25) is 5.91 Å². The molecule has 2 aromatic rings. The molecule has 7 heteroatoms. The third-order valence-electron chi connectivity index (χ3n) is 2.90. The van der Waals surface area contributed by atoms with E-state index >= 15 is 0 Å². The number of benzene rings is 2. The summed E-state index contributed by atoms with van der Waals surface area (Å²) in [6, 6.07) is 11.2. The average Bonchev–Trinajstić information content (AvgIpc) is 2.42. The number of sulfone groups is 1. The first-order valence-corrected chi connectivity index (χ1v) is 9.14. The Balaban J connectivity index is 2.10. The summed E-state index contributed by atoms with van der Waals surface area (Å²) < 4.78 is 25.0. The molecule has 0 saturated carbocycles. The van der Waals surface area contributed by atoms with Crippen LogP contribution >= 0.6 is 27.5 Å². The van der Waals surface area contributed by atoms with Crippen molar-refractivity contribution in [1.29, 1.82) is 0 Å². The normalized spacial score (nSPS) is 11.2. The van der Waals surface area contributed by atoms with Gasteiger partial charge in [0.15, 0.2) is 9.84 Å². The molecule has 0 radical (unpaired) electrons. The fourth-order valence-corrected chi connectivity index (χ4v) is 3.33. The van der Waals surface area contributed by atoms with Gasteiger partial charge < -0.3 is 5.32 Å². The van der Waals surface area contributed by atoms with Crippen molar-refractivity contribution >= 4 is 49.0 Å². The number of nitrogens with one attached hydrogen (secondary N) is 1. The fraction of sp³-hybridized carbons (Fsp3) is 0.133. The average molecular weight is 403 g/mol. The van der Waals surface area contributed by atoms with Gasteiger partial charge in [-0.2, -0.15) is 0 Å². The highest BCUT2D eigenvalue weighted by Gasteiger charge is 2.19. The number of rotatable bonds is 4. The number of hydrogen-bond acceptors (Lipinski definition) is 3. The van der Waals surface area contributed by atoms with E-state index in [1.807, 2.05) is 6.92 Å². The van der Waals surface area contributed by atoms with E-state index in [-0.39, 0.29) is 4.90 Å². The van der Waals surface area contributed by atoms with Crippen LogP contribution in [-0.2, 0) is 14.6 Å². The summed E-state index contributed by atoms with van der Waals surface area (Å²) in [5, 5.41) is 2.95. The van der Waals surface area contributed by atoms with Crippen molar-refractivity contribution in [2.75, 3.05) is 11.1 Å². The maximum absolute atomic E-state index is 12.2. The third kappa shape index (κ3) is 4.32. The molecule has 0 aromatic heterocycles. The summed E-state index contributed by atoms with van der Waals surface area (Å²) in [4.78, 5) is 12.0. The van der Waals surface area contributed by atoms with Crippen LogP contribution in [0.15, 0.2) is 51.8 Å². The zero-order valence-electron chi connectivity index (χ0n) is 11.6. The Morgan fingerprint density at radius 3 is 2.41 bits per heavy atom. The van der Waals surface area contributed by atoms with E-state index in [0.29, 0.717) is 15.2 Å². The Labute approximate surface area is 142 Å². The van der Waals surface area contributed by atoms with Crippen molar-refractivity contribution in [3.8, 4) is 0 Å². The van der Waals surface area contributed by atoms with Crippen molar-refractivity contribution in [2.45, 2.75) is 11.8 Å². The summed E-state index contributed by atoms with van der Waals surface area (Å²) >= 11 is 9.16. The maximum Gasteiger partial charge on any atom is 0.239 e. The van der Waals surface area contributed by atoms with Crippen LogP contribution in [0.1, 0.15) is 5.56 Å². The van der Waals surface area contributed by atoms with Gasteiger partial charge >= 0.3 is 0 Å². The molecule has 1 amide bonds. The van der Waals surface area contributed by atoms with Crippen LogP contribution < -0.4 is 5.32 Å². The van der Waals surface area contributed by atoms with Crippen molar-refractivity contribution in [3.63, 3.8) is 0 Å². The second kappa shape index (κ2) is 6.81. The second-order valence-corrected chi connectivity index (χ2v) is 8.00. The van der Waals surface area contributed by atoms with Crippen LogP contribution in [0.5, 0.6) is 0 Å². The Morgan fingerprint density at radius 1 is 1.18 bits per heavy atom. The minimum absolute atomic E-state index is 0.127. The molecule has 116 valence electrons. The predicted molar refractivity (Wildman–Crippen MR) is 91.0 cm³/mol. The summed E-state index contributed by atoms with van der Waals surface area (Å²) in [5.41, 5.74) is 1.39. The van der Waals surface area contributed by atoms with Gasteiger partial charge in [-0.1, -0.05) is 29.3 Å². The van der Waals surface area contributed by atoms with E-state index in [1.54, 1.807) is 30.3 Å². The standard InChI is InChI=1S/C15H13BrClNO3S/c1-10-2-5-12(6-3-10)22(20,21)9-15(19)18-11-4-7-13(16)14(17)8-11/h2-8H,9H2,1H3,(H,18,19). The van der Waals surface area contributed by atoms with Crippen LogP contribution in [0.25, 0.3) is 0 Å². The summed E-state index contributed by atoms with van der Waals surface area (Å²) in [6.07, 6.45) is 0. The molecular formula is C15H13BrClNO3S. The molecule has 0 saturated heterocycles. The monoisotopic (exact) mass is 401 g/mol. The fourth-order valence-electron chi connectivity index (χ4n) is 1.77. The van der Waals surface area contributed by atoms with Gasteiger partial charge in [-0.05, 0) is 53.2 Å². The molecule has 22 heavy (non-hydrogen) atoms. The number of hydrogen-bond donors (Lipinski definition) is 1. The van der Waals surface area contributed by atoms with Crippen LogP contribution in [0.3, 0.4) is 0 Å². The topological polar surface area (TPSA) is 63.2 Å². The van der Waals surface area contributed by atoms with Crippen LogP contribution in [0.2, 0.25) is 5.02 Å². The molecule has 2 rings (SSSR count). The number of aryl methyl sites for hydroxylation is 1. The van der Waals surface area contributed by atoms with Crippen LogP contribution in [-0.4, -0.2) is 20.1 Å². The van der Waals surface area contributed by atoms with Crippen molar-refractivity contribution in [1.82, 2.24) is 0 Å². The highest BCUT2D eigenvalue weighted by molar-refractivity contribution is 9.10. The molecule has 0 fully saturated rings.